The average molecular weight is 271 g/mol. The van der Waals surface area contributed by atoms with Crippen LogP contribution in [0, 0.1) is 5.92 Å². The van der Waals surface area contributed by atoms with Crippen molar-refractivity contribution in [1.29, 1.82) is 0 Å². The van der Waals surface area contributed by atoms with Crippen LogP contribution in [0.1, 0.15) is 30.8 Å². The lowest BCUT2D eigenvalue weighted by atomic mass is 10.1. The van der Waals surface area contributed by atoms with Crippen LogP contribution in [0.15, 0.2) is 21.6 Å². The Bertz CT molecular complexity index is 414. The van der Waals surface area contributed by atoms with Crippen molar-refractivity contribution in [3.63, 3.8) is 0 Å². The third-order valence-electron chi connectivity index (χ3n) is 2.18. The summed E-state index contributed by atoms with van der Waals surface area (Å²) in [5.74, 6) is -0.513. The highest BCUT2D eigenvalue weighted by atomic mass is 32.2. The first kappa shape index (κ1) is 14.6. The molecule has 0 aliphatic rings. The molecule has 0 fully saturated rings. The number of nitrogens with one attached hydrogen (secondary N) is 1. The molecule has 1 amide bonds. The Hall–Kier alpha value is -1.43. The van der Waals surface area contributed by atoms with Crippen molar-refractivity contribution in [2.75, 3.05) is 12.3 Å². The monoisotopic (exact) mass is 271 g/mol. The summed E-state index contributed by atoms with van der Waals surface area (Å²) in [6.45, 7) is 4.85. The fourth-order valence-electron chi connectivity index (χ4n) is 1.20. The quantitative estimate of drug-likeness (QED) is 0.743. The summed E-state index contributed by atoms with van der Waals surface area (Å²) < 4.78 is 5.02. The van der Waals surface area contributed by atoms with Crippen LogP contribution in [-0.4, -0.2) is 29.3 Å². The molecule has 1 rings (SSSR count). The number of hydrogen-bond acceptors (Lipinski definition) is 4. The second-order valence-electron chi connectivity index (χ2n) is 4.24. The Morgan fingerprint density at radius 3 is 2.72 bits per heavy atom. The maximum atomic E-state index is 11.4. The number of furan rings is 1. The van der Waals surface area contributed by atoms with Crippen LogP contribution >= 0.6 is 11.8 Å². The summed E-state index contributed by atoms with van der Waals surface area (Å²) in [5, 5.41) is 11.9. The molecule has 0 atom stereocenters. The van der Waals surface area contributed by atoms with Gasteiger partial charge in [-0.15, -0.1) is 0 Å². The van der Waals surface area contributed by atoms with Crippen molar-refractivity contribution >= 4 is 23.6 Å². The number of carbonyl (C=O) groups is 2. The van der Waals surface area contributed by atoms with Crippen LogP contribution in [0.3, 0.4) is 0 Å². The Kier molecular flexibility index (Phi) is 5.77. The number of thioether (sulfide) groups is 1. The molecule has 0 spiro atoms. The minimum absolute atomic E-state index is 0.0751. The third-order valence-corrected chi connectivity index (χ3v) is 3.09. The first-order valence-corrected chi connectivity index (χ1v) is 6.70. The largest absolute Gasteiger partial charge is 0.475 e. The van der Waals surface area contributed by atoms with E-state index in [2.05, 4.69) is 19.2 Å². The van der Waals surface area contributed by atoms with E-state index in [-0.39, 0.29) is 17.4 Å². The van der Waals surface area contributed by atoms with Gasteiger partial charge in [0.1, 0.15) is 0 Å². The lowest BCUT2D eigenvalue weighted by molar-refractivity contribution is -0.118. The lowest BCUT2D eigenvalue weighted by Gasteiger charge is -2.06. The van der Waals surface area contributed by atoms with Gasteiger partial charge >= 0.3 is 5.97 Å². The molecular weight excluding hydrogens is 254 g/mol. The van der Waals surface area contributed by atoms with Gasteiger partial charge in [0.05, 0.1) is 5.75 Å². The summed E-state index contributed by atoms with van der Waals surface area (Å²) in [4.78, 5) is 22.0. The fraction of sp³-hybridized carbons (Fsp3) is 0.500. The highest BCUT2D eigenvalue weighted by Crippen LogP contribution is 2.20. The number of amides is 1. The molecule has 0 aliphatic heterocycles. The first-order valence-electron chi connectivity index (χ1n) is 5.71. The lowest BCUT2D eigenvalue weighted by Crippen LogP contribution is -2.26. The van der Waals surface area contributed by atoms with Crippen LogP contribution in [0.4, 0.5) is 0 Å². The van der Waals surface area contributed by atoms with Gasteiger partial charge in [0.2, 0.25) is 11.7 Å². The number of carboxylic acids is 1. The zero-order valence-corrected chi connectivity index (χ0v) is 11.3. The third kappa shape index (κ3) is 5.27. The molecule has 6 heteroatoms. The van der Waals surface area contributed by atoms with Crippen molar-refractivity contribution in [3.8, 4) is 0 Å². The summed E-state index contributed by atoms with van der Waals surface area (Å²) >= 11 is 1.18. The predicted octanol–water partition coefficient (Wildman–Crippen LogP) is 2.23. The standard InChI is InChI=1S/C12H17NO4S/c1-8(2)5-6-13-10(14)7-18-11-4-3-9(17-11)12(15)16/h3-4,8H,5-7H2,1-2H3,(H,13,14)(H,15,16). The molecule has 0 bridgehead atoms. The molecule has 100 valence electrons. The first-order chi connectivity index (χ1) is 8.49. The van der Waals surface area contributed by atoms with Crippen molar-refractivity contribution in [1.82, 2.24) is 5.32 Å². The van der Waals surface area contributed by atoms with Crippen molar-refractivity contribution in [3.05, 3.63) is 17.9 Å². The van der Waals surface area contributed by atoms with Crippen LogP contribution in [0.25, 0.3) is 0 Å². The van der Waals surface area contributed by atoms with Gasteiger partial charge in [0.25, 0.3) is 0 Å². The number of carbonyl (C=O) groups excluding carboxylic acids is 1. The molecule has 0 saturated carbocycles. The minimum Gasteiger partial charge on any atom is -0.475 e. The molecular formula is C12H17NO4S. The number of carboxylic acid groups (broad SMARTS) is 1. The Morgan fingerprint density at radius 2 is 2.17 bits per heavy atom. The van der Waals surface area contributed by atoms with E-state index in [9.17, 15) is 9.59 Å². The van der Waals surface area contributed by atoms with E-state index in [1.807, 2.05) is 0 Å². The summed E-state index contributed by atoms with van der Waals surface area (Å²) in [7, 11) is 0. The Morgan fingerprint density at radius 1 is 1.44 bits per heavy atom. The van der Waals surface area contributed by atoms with Gasteiger partial charge in [-0.05, 0) is 24.5 Å². The number of hydrogen-bond donors (Lipinski definition) is 2. The van der Waals surface area contributed by atoms with E-state index < -0.39 is 5.97 Å². The van der Waals surface area contributed by atoms with Gasteiger partial charge < -0.3 is 14.8 Å². The van der Waals surface area contributed by atoms with E-state index in [0.29, 0.717) is 17.6 Å². The fourth-order valence-corrected chi connectivity index (χ4v) is 1.89. The van der Waals surface area contributed by atoms with Gasteiger partial charge in [0.15, 0.2) is 5.09 Å². The van der Waals surface area contributed by atoms with E-state index in [1.165, 1.54) is 17.8 Å². The highest BCUT2D eigenvalue weighted by Gasteiger charge is 2.10. The van der Waals surface area contributed by atoms with Gasteiger partial charge in [0, 0.05) is 6.54 Å². The summed E-state index contributed by atoms with van der Waals surface area (Å²) in [6.07, 6.45) is 0.945. The van der Waals surface area contributed by atoms with E-state index in [1.54, 1.807) is 6.07 Å². The SMILES string of the molecule is CC(C)CCNC(=O)CSc1ccc(C(=O)O)o1. The van der Waals surface area contributed by atoms with Gasteiger partial charge in [-0.2, -0.15) is 0 Å². The molecule has 0 unspecified atom stereocenters. The van der Waals surface area contributed by atoms with Crippen molar-refractivity contribution in [2.24, 2.45) is 5.92 Å². The van der Waals surface area contributed by atoms with Gasteiger partial charge in [-0.3, -0.25) is 4.79 Å². The molecule has 0 saturated heterocycles. The van der Waals surface area contributed by atoms with Crippen molar-refractivity contribution < 1.29 is 19.1 Å². The molecule has 0 aliphatic carbocycles. The smallest absolute Gasteiger partial charge is 0.371 e. The van der Waals surface area contributed by atoms with Crippen LogP contribution in [0.5, 0.6) is 0 Å². The second kappa shape index (κ2) is 7.10. The minimum atomic E-state index is -1.11. The van der Waals surface area contributed by atoms with Crippen LogP contribution < -0.4 is 5.32 Å². The van der Waals surface area contributed by atoms with E-state index in [0.717, 1.165) is 6.42 Å². The normalized spacial score (nSPS) is 10.6. The van der Waals surface area contributed by atoms with Gasteiger partial charge in [-0.25, -0.2) is 4.79 Å². The zero-order valence-electron chi connectivity index (χ0n) is 10.4. The van der Waals surface area contributed by atoms with Crippen molar-refractivity contribution in [2.45, 2.75) is 25.4 Å². The predicted molar refractivity (Wildman–Crippen MR) is 68.9 cm³/mol. The summed E-state index contributed by atoms with van der Waals surface area (Å²) in [6, 6.07) is 2.93. The molecule has 0 aromatic carbocycles. The van der Waals surface area contributed by atoms with Gasteiger partial charge in [-0.1, -0.05) is 25.6 Å². The molecule has 5 nitrogen and oxygen atoms in total. The molecule has 1 heterocycles. The number of aromatic carboxylic acids is 1. The topological polar surface area (TPSA) is 79.5 Å². The molecule has 2 N–H and O–H groups in total. The van der Waals surface area contributed by atoms with E-state index >= 15 is 0 Å². The Balaban J connectivity index is 2.27. The Labute approximate surface area is 110 Å². The van der Waals surface area contributed by atoms with Crippen LogP contribution in [0.2, 0.25) is 0 Å². The average Bonchev–Trinajstić information content (AvgIpc) is 2.74. The maximum Gasteiger partial charge on any atom is 0.371 e. The van der Waals surface area contributed by atoms with E-state index in [4.69, 9.17) is 9.52 Å². The number of rotatable bonds is 7. The van der Waals surface area contributed by atoms with Crippen LogP contribution in [-0.2, 0) is 4.79 Å². The molecule has 1 aromatic heterocycles. The highest BCUT2D eigenvalue weighted by molar-refractivity contribution is 7.99. The zero-order chi connectivity index (χ0) is 13.5. The second-order valence-corrected chi connectivity index (χ2v) is 5.22. The molecule has 18 heavy (non-hydrogen) atoms. The summed E-state index contributed by atoms with van der Waals surface area (Å²) in [5.41, 5.74) is 0. The maximum absolute atomic E-state index is 11.4. The molecule has 0 radical (unpaired) electrons. The molecule has 1 aromatic rings.